The lowest BCUT2D eigenvalue weighted by atomic mass is 9.71. The van der Waals surface area contributed by atoms with Gasteiger partial charge in [0.1, 0.15) is 11.3 Å². The number of amides is 4. The van der Waals surface area contributed by atoms with Crippen LogP contribution in [0.25, 0.3) is 0 Å². The van der Waals surface area contributed by atoms with Crippen molar-refractivity contribution in [1.82, 2.24) is 24.6 Å². The van der Waals surface area contributed by atoms with Crippen LogP contribution in [0.15, 0.2) is 84.9 Å². The Morgan fingerprint density at radius 1 is 0.796 bits per heavy atom. The molecule has 2 aliphatic heterocycles. The number of anilines is 1. The molecule has 11 heteroatoms. The SMILES string of the molecule is CN(C)C(=O)c1ccc(CN2CCn3c(C(=O)NCc4ccc(NC(=O)c5ccc(C6CN(C(=O)OC(C)(C)C)C6)cc5)cc4)ccc3C23CCC3)cc1. The van der Waals surface area contributed by atoms with Crippen LogP contribution in [0, 0.1) is 0 Å². The van der Waals surface area contributed by atoms with Crippen LogP contribution in [0.1, 0.15) is 99.5 Å². The molecule has 7 rings (SSSR count). The van der Waals surface area contributed by atoms with E-state index in [1.807, 2.05) is 87.5 Å². The minimum atomic E-state index is -0.520. The van der Waals surface area contributed by atoms with Gasteiger partial charge in [0.2, 0.25) is 0 Å². The first-order chi connectivity index (χ1) is 25.8. The highest BCUT2D eigenvalue weighted by atomic mass is 16.6. The minimum Gasteiger partial charge on any atom is -0.444 e. The summed E-state index contributed by atoms with van der Waals surface area (Å²) in [7, 11) is 3.52. The molecule has 282 valence electrons. The van der Waals surface area contributed by atoms with Crippen LogP contribution in [-0.4, -0.2) is 82.4 Å². The second kappa shape index (κ2) is 14.8. The summed E-state index contributed by atoms with van der Waals surface area (Å²) in [6.07, 6.45) is 2.97. The highest BCUT2D eigenvalue weighted by Crippen LogP contribution is 2.49. The van der Waals surface area contributed by atoms with Crippen molar-refractivity contribution in [3.8, 4) is 0 Å². The number of rotatable bonds is 9. The normalized spacial score (nSPS) is 16.5. The van der Waals surface area contributed by atoms with E-state index in [1.54, 1.807) is 23.9 Å². The van der Waals surface area contributed by atoms with Crippen molar-refractivity contribution in [2.24, 2.45) is 0 Å². The number of carbonyl (C=O) groups excluding carboxylic acids is 4. The largest absolute Gasteiger partial charge is 0.444 e. The van der Waals surface area contributed by atoms with Gasteiger partial charge in [-0.05, 0) is 105 Å². The van der Waals surface area contributed by atoms with Crippen molar-refractivity contribution in [2.75, 3.05) is 39.0 Å². The third-order valence-electron chi connectivity index (χ3n) is 10.9. The lowest BCUT2D eigenvalue weighted by Gasteiger charge is -2.53. The Kier molecular flexibility index (Phi) is 10.1. The van der Waals surface area contributed by atoms with E-state index in [2.05, 4.69) is 38.3 Å². The third-order valence-corrected chi connectivity index (χ3v) is 10.9. The van der Waals surface area contributed by atoms with E-state index >= 15 is 0 Å². The van der Waals surface area contributed by atoms with Crippen LogP contribution in [0.3, 0.4) is 0 Å². The Balaban J connectivity index is 0.903. The Hall–Kier alpha value is -5.42. The van der Waals surface area contributed by atoms with Crippen molar-refractivity contribution < 1.29 is 23.9 Å². The molecule has 54 heavy (non-hydrogen) atoms. The van der Waals surface area contributed by atoms with E-state index in [0.717, 1.165) is 50.0 Å². The standard InChI is InChI=1S/C43H50N6O5/c1-42(2,3)54-41(53)47-27-34(28-47)31-13-15-32(16-14-31)38(50)45-35-17-9-29(10-18-35)25-44-39(51)36-19-20-37-43(21-6-22-43)48(23-24-49(36)37)26-30-7-11-33(12-8-30)40(52)46(4)5/h7-20,34H,6,21-28H2,1-5H3,(H,44,51)(H,45,50). The molecule has 3 aliphatic rings. The van der Waals surface area contributed by atoms with E-state index in [-0.39, 0.29) is 35.3 Å². The van der Waals surface area contributed by atoms with Crippen LogP contribution in [-0.2, 0) is 29.9 Å². The van der Waals surface area contributed by atoms with Crippen LogP contribution in [0.4, 0.5) is 10.5 Å². The first-order valence-corrected chi connectivity index (χ1v) is 18.8. The second-order valence-electron chi connectivity index (χ2n) is 16.0. The number of fused-ring (bicyclic) bond motifs is 2. The first kappa shape index (κ1) is 36.9. The number of likely N-dealkylation sites (tertiary alicyclic amines) is 1. The third kappa shape index (κ3) is 7.64. The highest BCUT2D eigenvalue weighted by Gasteiger charge is 2.48. The summed E-state index contributed by atoms with van der Waals surface area (Å²) in [4.78, 5) is 56.9. The van der Waals surface area contributed by atoms with Crippen molar-refractivity contribution in [2.45, 2.75) is 76.7 Å². The molecule has 1 saturated heterocycles. The van der Waals surface area contributed by atoms with Crippen molar-refractivity contribution in [1.29, 1.82) is 0 Å². The summed E-state index contributed by atoms with van der Waals surface area (Å²) in [5, 5.41) is 6.05. The van der Waals surface area contributed by atoms with E-state index in [4.69, 9.17) is 4.74 Å². The van der Waals surface area contributed by atoms with Crippen LogP contribution < -0.4 is 10.6 Å². The van der Waals surface area contributed by atoms with E-state index in [1.165, 1.54) is 11.3 Å². The highest BCUT2D eigenvalue weighted by molar-refractivity contribution is 6.04. The number of ether oxygens (including phenoxy) is 1. The molecular weight excluding hydrogens is 681 g/mol. The van der Waals surface area contributed by atoms with Crippen LogP contribution in [0.5, 0.6) is 0 Å². The van der Waals surface area contributed by atoms with Gasteiger partial charge >= 0.3 is 6.09 Å². The number of nitrogens with one attached hydrogen (secondary N) is 2. The van der Waals surface area contributed by atoms with E-state index < -0.39 is 5.60 Å². The number of benzene rings is 3. The molecule has 3 aromatic carbocycles. The van der Waals surface area contributed by atoms with Gasteiger partial charge in [0, 0.05) is 81.8 Å². The molecule has 0 bridgehead atoms. The van der Waals surface area contributed by atoms with E-state index in [0.29, 0.717) is 42.1 Å². The Morgan fingerprint density at radius 3 is 2.06 bits per heavy atom. The minimum absolute atomic E-state index is 0.000575. The Bertz CT molecular complexity index is 2020. The maximum Gasteiger partial charge on any atom is 0.410 e. The lowest BCUT2D eigenvalue weighted by Crippen LogP contribution is -2.56. The summed E-state index contributed by atoms with van der Waals surface area (Å²) in [5.41, 5.74) is 6.36. The fraction of sp³-hybridized carbons (Fsp3) is 0.395. The molecule has 0 radical (unpaired) electrons. The van der Waals surface area contributed by atoms with Gasteiger partial charge in [-0.2, -0.15) is 0 Å². The monoisotopic (exact) mass is 730 g/mol. The maximum absolute atomic E-state index is 13.5. The molecule has 1 aromatic heterocycles. The number of carbonyl (C=O) groups is 4. The topological polar surface area (TPSA) is 116 Å². The van der Waals surface area contributed by atoms with Gasteiger partial charge in [-0.3, -0.25) is 19.3 Å². The van der Waals surface area contributed by atoms with Gasteiger partial charge in [0.05, 0.1) is 5.54 Å². The van der Waals surface area contributed by atoms with Crippen molar-refractivity contribution in [3.05, 3.63) is 124 Å². The molecular formula is C43H50N6O5. The first-order valence-electron chi connectivity index (χ1n) is 18.8. The van der Waals surface area contributed by atoms with Gasteiger partial charge in [-0.15, -0.1) is 0 Å². The molecule has 4 amide bonds. The summed E-state index contributed by atoms with van der Waals surface area (Å²) in [6.45, 7) is 9.50. The van der Waals surface area contributed by atoms with Gasteiger partial charge < -0.3 is 29.7 Å². The van der Waals surface area contributed by atoms with Gasteiger partial charge in [-0.25, -0.2) is 4.79 Å². The quantitative estimate of drug-likeness (QED) is 0.201. The van der Waals surface area contributed by atoms with Crippen LogP contribution in [0.2, 0.25) is 0 Å². The molecule has 4 aromatic rings. The number of hydrogen-bond acceptors (Lipinski definition) is 6. The fourth-order valence-electron chi connectivity index (χ4n) is 7.71. The average molecular weight is 731 g/mol. The predicted molar refractivity (Wildman–Crippen MR) is 207 cm³/mol. The maximum atomic E-state index is 13.5. The van der Waals surface area contributed by atoms with Crippen LogP contribution >= 0.6 is 0 Å². The smallest absolute Gasteiger partial charge is 0.410 e. The molecule has 1 spiro atoms. The van der Waals surface area contributed by atoms with Gasteiger partial charge in [0.25, 0.3) is 17.7 Å². The summed E-state index contributed by atoms with van der Waals surface area (Å²) >= 11 is 0. The molecule has 2 N–H and O–H groups in total. The molecule has 0 unspecified atom stereocenters. The fourth-order valence-corrected chi connectivity index (χ4v) is 7.71. The summed E-state index contributed by atoms with van der Waals surface area (Å²) < 4.78 is 7.64. The molecule has 0 atom stereocenters. The zero-order valence-electron chi connectivity index (χ0n) is 31.9. The number of hydrogen-bond donors (Lipinski definition) is 2. The summed E-state index contributed by atoms with van der Waals surface area (Å²) in [5.74, 6) is -0.0924. The Morgan fingerprint density at radius 2 is 1.44 bits per heavy atom. The number of aromatic nitrogens is 1. The predicted octanol–water partition coefficient (Wildman–Crippen LogP) is 6.60. The van der Waals surface area contributed by atoms with E-state index in [9.17, 15) is 19.2 Å². The molecule has 1 saturated carbocycles. The molecule has 3 heterocycles. The van der Waals surface area contributed by atoms with Crippen molar-refractivity contribution >= 4 is 29.5 Å². The summed E-state index contributed by atoms with van der Waals surface area (Å²) in [6, 6.07) is 27.0. The molecule has 11 nitrogen and oxygen atoms in total. The molecule has 2 fully saturated rings. The van der Waals surface area contributed by atoms with Gasteiger partial charge in [0.15, 0.2) is 0 Å². The lowest BCUT2D eigenvalue weighted by molar-refractivity contribution is -0.0217. The Labute approximate surface area is 317 Å². The average Bonchev–Trinajstić information content (AvgIpc) is 3.54. The zero-order valence-corrected chi connectivity index (χ0v) is 31.9. The number of nitrogens with zero attached hydrogens (tertiary/aromatic N) is 4. The zero-order chi connectivity index (χ0) is 38.2. The van der Waals surface area contributed by atoms with Crippen molar-refractivity contribution in [3.63, 3.8) is 0 Å². The van der Waals surface area contributed by atoms with Gasteiger partial charge in [-0.1, -0.05) is 36.4 Å². The molecule has 1 aliphatic carbocycles. The second-order valence-corrected chi connectivity index (χ2v) is 16.0.